The van der Waals surface area contributed by atoms with E-state index in [0.29, 0.717) is 43.0 Å². The number of carbonyl (C=O) groups is 3. The molecule has 9 nitrogen and oxygen atoms in total. The number of benzene rings is 1. The first-order chi connectivity index (χ1) is 15.1. The third kappa shape index (κ3) is 6.50. The Bertz CT molecular complexity index is 977. The Kier molecular flexibility index (Phi) is 7.07. The van der Waals surface area contributed by atoms with E-state index in [2.05, 4.69) is 15.3 Å². The molecule has 1 fully saturated rings. The van der Waals surface area contributed by atoms with Crippen LogP contribution in [0.3, 0.4) is 0 Å². The Morgan fingerprint density at radius 1 is 1.06 bits per heavy atom. The number of esters is 1. The Morgan fingerprint density at radius 3 is 2.31 bits per heavy atom. The number of piperidine rings is 1. The number of nitrogens with zero attached hydrogens (tertiary/aromatic N) is 3. The fraction of sp³-hybridized carbons (Fsp3) is 0.435. The first-order valence-electron chi connectivity index (χ1n) is 10.5. The minimum atomic E-state index is -0.542. The van der Waals surface area contributed by atoms with Gasteiger partial charge in [-0.25, -0.2) is 19.6 Å². The lowest BCUT2D eigenvalue weighted by Crippen LogP contribution is -2.43. The van der Waals surface area contributed by atoms with Crippen molar-refractivity contribution in [1.82, 2.24) is 14.9 Å². The van der Waals surface area contributed by atoms with Crippen molar-refractivity contribution in [3.8, 4) is 0 Å². The molecule has 1 aliphatic heterocycles. The zero-order chi connectivity index (χ0) is 23.3. The number of likely N-dealkylation sites (tertiary alicyclic amines) is 1. The lowest BCUT2D eigenvalue weighted by Gasteiger charge is -2.33. The maximum atomic E-state index is 12.5. The lowest BCUT2D eigenvalue weighted by atomic mass is 10.1. The Hall–Kier alpha value is -3.49. The van der Waals surface area contributed by atoms with Crippen molar-refractivity contribution in [2.24, 2.45) is 0 Å². The number of anilines is 1. The zero-order valence-electron chi connectivity index (χ0n) is 18.8. The predicted molar refractivity (Wildman–Crippen MR) is 117 cm³/mol. The van der Waals surface area contributed by atoms with Crippen molar-refractivity contribution in [1.29, 1.82) is 0 Å². The number of aromatic nitrogens is 2. The number of ether oxygens (including phenoxy) is 2. The molecule has 32 heavy (non-hydrogen) atoms. The van der Waals surface area contributed by atoms with Crippen LogP contribution < -0.4 is 5.32 Å². The van der Waals surface area contributed by atoms with Crippen molar-refractivity contribution >= 4 is 23.7 Å². The summed E-state index contributed by atoms with van der Waals surface area (Å²) in [7, 11) is 0. The molecule has 1 aromatic carbocycles. The summed E-state index contributed by atoms with van der Waals surface area (Å²) < 4.78 is 11.0. The first-order valence-corrected chi connectivity index (χ1v) is 10.5. The van der Waals surface area contributed by atoms with Gasteiger partial charge in [0.25, 0.3) is 5.91 Å². The molecule has 0 atom stereocenters. The summed E-state index contributed by atoms with van der Waals surface area (Å²) in [5.74, 6) is -0.291. The van der Waals surface area contributed by atoms with Gasteiger partial charge >= 0.3 is 12.1 Å². The molecule has 0 saturated carbocycles. The van der Waals surface area contributed by atoms with Crippen molar-refractivity contribution in [2.75, 3.05) is 18.4 Å². The molecule has 2 amide bonds. The molecule has 2 aromatic rings. The summed E-state index contributed by atoms with van der Waals surface area (Å²) in [6, 6.07) is 7.99. The van der Waals surface area contributed by atoms with E-state index in [0.717, 1.165) is 0 Å². The second-order valence-corrected chi connectivity index (χ2v) is 8.59. The van der Waals surface area contributed by atoms with Gasteiger partial charge in [0.1, 0.15) is 23.2 Å². The summed E-state index contributed by atoms with van der Waals surface area (Å²) in [6.45, 7) is 8.13. The maximum absolute atomic E-state index is 12.5. The van der Waals surface area contributed by atoms with Crippen LogP contribution in [0.1, 0.15) is 60.3 Å². The van der Waals surface area contributed by atoms with Gasteiger partial charge in [-0.2, -0.15) is 0 Å². The van der Waals surface area contributed by atoms with E-state index in [-0.39, 0.29) is 23.8 Å². The average molecular weight is 441 g/mol. The zero-order valence-corrected chi connectivity index (χ0v) is 18.8. The van der Waals surface area contributed by atoms with E-state index in [9.17, 15) is 14.4 Å². The molecule has 9 heteroatoms. The minimum absolute atomic E-state index is 0.262. The van der Waals surface area contributed by atoms with Crippen molar-refractivity contribution in [3.05, 3.63) is 53.6 Å². The third-order valence-corrected chi connectivity index (χ3v) is 4.75. The van der Waals surface area contributed by atoms with Crippen LogP contribution in [0.2, 0.25) is 0 Å². The van der Waals surface area contributed by atoms with Crippen LogP contribution in [-0.2, 0) is 9.47 Å². The first kappa shape index (κ1) is 23.2. The number of carbonyl (C=O) groups excluding carboxylic acids is 3. The monoisotopic (exact) mass is 440 g/mol. The molecule has 0 aliphatic carbocycles. The van der Waals surface area contributed by atoms with Crippen LogP contribution in [0.5, 0.6) is 0 Å². The average Bonchev–Trinajstić information content (AvgIpc) is 2.73. The molecule has 3 rings (SSSR count). The van der Waals surface area contributed by atoms with Crippen LogP contribution in [0.4, 0.5) is 10.5 Å². The second kappa shape index (κ2) is 9.76. The molecule has 170 valence electrons. The van der Waals surface area contributed by atoms with Gasteiger partial charge in [-0.15, -0.1) is 0 Å². The summed E-state index contributed by atoms with van der Waals surface area (Å²) in [5.41, 5.74) is 0.641. The molecule has 1 saturated heterocycles. The van der Waals surface area contributed by atoms with Crippen LogP contribution >= 0.6 is 0 Å². The van der Waals surface area contributed by atoms with E-state index >= 15 is 0 Å². The molecular weight excluding hydrogens is 412 g/mol. The highest BCUT2D eigenvalue weighted by Gasteiger charge is 2.28. The Morgan fingerprint density at radius 2 is 1.72 bits per heavy atom. The highest BCUT2D eigenvalue weighted by atomic mass is 16.6. The van der Waals surface area contributed by atoms with Crippen molar-refractivity contribution in [3.63, 3.8) is 0 Å². The smallest absolute Gasteiger partial charge is 0.410 e. The molecule has 0 radical (unpaired) electrons. The van der Waals surface area contributed by atoms with Gasteiger partial charge < -0.3 is 19.7 Å². The highest BCUT2D eigenvalue weighted by molar-refractivity contribution is 6.03. The minimum Gasteiger partial charge on any atom is -0.459 e. The summed E-state index contributed by atoms with van der Waals surface area (Å²) in [5, 5.41) is 2.73. The molecular formula is C23H28N4O5. The van der Waals surface area contributed by atoms with E-state index in [1.165, 1.54) is 12.3 Å². The van der Waals surface area contributed by atoms with Gasteiger partial charge in [0.05, 0.1) is 5.56 Å². The van der Waals surface area contributed by atoms with E-state index in [1.807, 2.05) is 20.8 Å². The molecule has 0 spiro atoms. The standard InChI is InChI=1S/C23H28N4O5/c1-15-24-12-9-19(25-15)20(28)26-17-7-5-16(6-8-17)21(29)31-18-10-13-27(14-11-18)22(30)32-23(2,3)4/h5-9,12,18H,10-11,13-14H2,1-4H3,(H,26,28). The Labute approximate surface area is 187 Å². The Balaban J connectivity index is 1.49. The number of hydrogen-bond donors (Lipinski definition) is 1. The normalized spacial score (nSPS) is 14.6. The quantitative estimate of drug-likeness (QED) is 0.723. The summed E-state index contributed by atoms with van der Waals surface area (Å²) in [6.07, 6.45) is 2.02. The highest BCUT2D eigenvalue weighted by Crippen LogP contribution is 2.19. The fourth-order valence-electron chi connectivity index (χ4n) is 3.17. The largest absolute Gasteiger partial charge is 0.459 e. The van der Waals surface area contributed by atoms with Crippen molar-refractivity contribution in [2.45, 2.75) is 52.2 Å². The number of aryl methyl sites for hydroxylation is 1. The number of nitrogens with one attached hydrogen (secondary N) is 1. The lowest BCUT2D eigenvalue weighted by molar-refractivity contribution is -0.00341. The van der Waals surface area contributed by atoms with Gasteiger partial charge in [-0.1, -0.05) is 0 Å². The van der Waals surface area contributed by atoms with E-state index < -0.39 is 11.6 Å². The molecule has 1 aromatic heterocycles. The number of amides is 2. The number of hydrogen-bond acceptors (Lipinski definition) is 7. The topological polar surface area (TPSA) is 111 Å². The number of rotatable bonds is 4. The van der Waals surface area contributed by atoms with Crippen molar-refractivity contribution < 1.29 is 23.9 Å². The van der Waals surface area contributed by atoms with Gasteiger partial charge in [-0.05, 0) is 58.0 Å². The maximum Gasteiger partial charge on any atom is 0.410 e. The molecule has 2 heterocycles. The molecule has 1 N–H and O–H groups in total. The second-order valence-electron chi connectivity index (χ2n) is 8.59. The summed E-state index contributed by atoms with van der Waals surface area (Å²) >= 11 is 0. The van der Waals surface area contributed by atoms with E-state index in [1.54, 1.807) is 36.1 Å². The third-order valence-electron chi connectivity index (χ3n) is 4.75. The van der Waals surface area contributed by atoms with Crippen LogP contribution in [0, 0.1) is 6.92 Å². The summed E-state index contributed by atoms with van der Waals surface area (Å²) in [4.78, 5) is 46.6. The molecule has 1 aliphatic rings. The molecule has 0 bridgehead atoms. The fourth-order valence-corrected chi connectivity index (χ4v) is 3.17. The van der Waals surface area contributed by atoms with Gasteiger partial charge in [0, 0.05) is 37.8 Å². The van der Waals surface area contributed by atoms with Crippen LogP contribution in [-0.4, -0.2) is 57.6 Å². The predicted octanol–water partition coefficient (Wildman–Crippen LogP) is 3.59. The van der Waals surface area contributed by atoms with Crippen LogP contribution in [0.15, 0.2) is 36.5 Å². The molecule has 0 unspecified atom stereocenters. The van der Waals surface area contributed by atoms with E-state index in [4.69, 9.17) is 9.47 Å². The van der Waals surface area contributed by atoms with Gasteiger partial charge in [0.15, 0.2) is 0 Å². The van der Waals surface area contributed by atoms with Gasteiger partial charge in [0.2, 0.25) is 0 Å². The van der Waals surface area contributed by atoms with Crippen LogP contribution in [0.25, 0.3) is 0 Å². The SMILES string of the molecule is Cc1nccc(C(=O)Nc2ccc(C(=O)OC3CCN(C(=O)OC(C)(C)C)CC3)cc2)n1. The van der Waals surface area contributed by atoms with Gasteiger partial charge in [-0.3, -0.25) is 4.79 Å².